The van der Waals surface area contributed by atoms with Crippen LogP contribution in [0, 0.1) is 0 Å². The van der Waals surface area contributed by atoms with E-state index in [2.05, 4.69) is 5.32 Å². The van der Waals surface area contributed by atoms with Crippen LogP contribution in [0.15, 0.2) is 59.8 Å². The van der Waals surface area contributed by atoms with E-state index in [-0.39, 0.29) is 29.9 Å². The molecule has 144 valence electrons. The van der Waals surface area contributed by atoms with Crippen molar-refractivity contribution in [3.63, 3.8) is 0 Å². The number of carbonyl (C=O) groups is 2. The molecule has 28 heavy (non-hydrogen) atoms. The van der Waals surface area contributed by atoms with Gasteiger partial charge in [0.25, 0.3) is 0 Å². The van der Waals surface area contributed by atoms with Crippen LogP contribution in [0.5, 0.6) is 5.75 Å². The van der Waals surface area contributed by atoms with Crippen LogP contribution in [0.3, 0.4) is 0 Å². The third-order valence-corrected chi connectivity index (χ3v) is 5.80. The lowest BCUT2D eigenvalue weighted by Gasteiger charge is -2.34. The van der Waals surface area contributed by atoms with Gasteiger partial charge in [-0.15, -0.1) is 0 Å². The smallest absolute Gasteiger partial charge is 0.225 e. The number of benzene rings is 2. The van der Waals surface area contributed by atoms with Gasteiger partial charge in [-0.05, 0) is 48.6 Å². The highest BCUT2D eigenvalue weighted by Crippen LogP contribution is 2.44. The second-order valence-corrected chi connectivity index (χ2v) is 7.66. The van der Waals surface area contributed by atoms with E-state index in [1.165, 1.54) is 0 Å². The molecule has 1 N–H and O–H groups in total. The van der Waals surface area contributed by atoms with Crippen molar-refractivity contribution in [2.24, 2.45) is 0 Å². The summed E-state index contributed by atoms with van der Waals surface area (Å²) in [7, 11) is 0. The number of hydrogen-bond acceptors (Lipinski definition) is 3. The molecule has 1 heterocycles. The van der Waals surface area contributed by atoms with Crippen molar-refractivity contribution in [3.8, 4) is 5.75 Å². The zero-order valence-electron chi connectivity index (χ0n) is 15.7. The Balaban J connectivity index is 1.71. The highest BCUT2D eigenvalue weighted by molar-refractivity contribution is 6.31. The van der Waals surface area contributed by atoms with Gasteiger partial charge < -0.3 is 10.1 Å². The van der Waals surface area contributed by atoms with Crippen LogP contribution in [0.2, 0.25) is 5.02 Å². The summed E-state index contributed by atoms with van der Waals surface area (Å²) in [6.45, 7) is 2.50. The van der Waals surface area contributed by atoms with Gasteiger partial charge in [0, 0.05) is 35.1 Å². The maximum atomic E-state index is 13.1. The van der Waals surface area contributed by atoms with E-state index in [9.17, 15) is 9.59 Å². The van der Waals surface area contributed by atoms with Gasteiger partial charge in [-0.2, -0.15) is 0 Å². The van der Waals surface area contributed by atoms with Crippen LogP contribution in [0.4, 0.5) is 0 Å². The molecule has 0 spiro atoms. The summed E-state index contributed by atoms with van der Waals surface area (Å²) in [5.74, 6) is 0.527. The summed E-state index contributed by atoms with van der Waals surface area (Å²) in [5, 5.41) is 3.61. The molecule has 0 fully saturated rings. The van der Waals surface area contributed by atoms with Crippen molar-refractivity contribution < 1.29 is 14.3 Å². The monoisotopic (exact) mass is 395 g/mol. The number of hydrogen-bond donors (Lipinski definition) is 1. The fraction of sp³-hybridized carbons (Fsp3) is 0.304. The molecule has 1 aliphatic heterocycles. The summed E-state index contributed by atoms with van der Waals surface area (Å²) in [6.07, 6.45) is 1.29. The molecule has 2 atom stereocenters. The van der Waals surface area contributed by atoms with Crippen molar-refractivity contribution in [2.75, 3.05) is 6.61 Å². The molecule has 1 amide bonds. The number of carbonyl (C=O) groups excluding carboxylic acids is 2. The van der Waals surface area contributed by atoms with E-state index in [1.807, 2.05) is 55.5 Å². The molecule has 2 aromatic carbocycles. The van der Waals surface area contributed by atoms with Crippen molar-refractivity contribution in [2.45, 2.75) is 38.0 Å². The Morgan fingerprint density at radius 2 is 1.89 bits per heavy atom. The van der Waals surface area contributed by atoms with E-state index in [0.29, 0.717) is 24.5 Å². The van der Waals surface area contributed by atoms with Gasteiger partial charge in [-0.25, -0.2) is 0 Å². The van der Waals surface area contributed by atoms with Crippen molar-refractivity contribution in [1.29, 1.82) is 0 Å². The normalized spacial score (nSPS) is 21.9. The zero-order chi connectivity index (χ0) is 19.7. The van der Waals surface area contributed by atoms with Crippen LogP contribution in [0.25, 0.3) is 0 Å². The Labute approximate surface area is 169 Å². The van der Waals surface area contributed by atoms with Gasteiger partial charge >= 0.3 is 0 Å². The summed E-state index contributed by atoms with van der Waals surface area (Å²) < 4.78 is 5.60. The lowest BCUT2D eigenvalue weighted by atomic mass is 9.73. The Morgan fingerprint density at radius 1 is 1.07 bits per heavy atom. The van der Waals surface area contributed by atoms with E-state index >= 15 is 0 Å². The fourth-order valence-corrected chi connectivity index (χ4v) is 4.55. The van der Waals surface area contributed by atoms with E-state index in [1.54, 1.807) is 0 Å². The van der Waals surface area contributed by atoms with E-state index in [0.717, 1.165) is 28.1 Å². The Morgan fingerprint density at radius 3 is 2.68 bits per heavy atom. The number of rotatable bonds is 4. The second-order valence-electron chi connectivity index (χ2n) is 7.25. The van der Waals surface area contributed by atoms with Crippen LogP contribution in [-0.2, 0) is 9.59 Å². The number of halogens is 1. The summed E-state index contributed by atoms with van der Waals surface area (Å²) >= 11 is 6.35. The van der Waals surface area contributed by atoms with Gasteiger partial charge in [0.1, 0.15) is 5.75 Å². The van der Waals surface area contributed by atoms with Gasteiger partial charge in [0.05, 0.1) is 6.61 Å². The predicted octanol–water partition coefficient (Wildman–Crippen LogP) is 4.74. The number of nitrogens with one attached hydrogen (secondary N) is 1. The molecular formula is C23H22ClNO3. The first kappa shape index (κ1) is 18.8. The Kier molecular flexibility index (Phi) is 5.23. The third kappa shape index (κ3) is 3.57. The molecule has 0 aromatic heterocycles. The zero-order valence-corrected chi connectivity index (χ0v) is 16.5. The number of allylic oxidation sites excluding steroid dienone is 2. The van der Waals surface area contributed by atoms with Crippen molar-refractivity contribution >= 4 is 23.3 Å². The molecule has 2 aromatic rings. The number of Topliss-reactive ketones (excluding diaryl/α,β-unsaturated/α-hetero) is 1. The third-order valence-electron chi connectivity index (χ3n) is 5.45. The number of ether oxygens (including phenoxy) is 1. The minimum absolute atomic E-state index is 0.0197. The molecular weight excluding hydrogens is 374 g/mol. The lowest BCUT2D eigenvalue weighted by Crippen LogP contribution is -2.38. The quantitative estimate of drug-likeness (QED) is 0.813. The fourth-order valence-electron chi connectivity index (χ4n) is 4.26. The minimum atomic E-state index is -0.233. The van der Waals surface area contributed by atoms with Gasteiger partial charge in [-0.3, -0.25) is 9.59 Å². The highest BCUT2D eigenvalue weighted by atomic mass is 35.5. The molecule has 1 aliphatic carbocycles. The molecule has 4 rings (SSSR count). The van der Waals surface area contributed by atoms with E-state index in [4.69, 9.17) is 16.3 Å². The summed E-state index contributed by atoms with van der Waals surface area (Å²) in [6, 6.07) is 15.3. The van der Waals surface area contributed by atoms with Crippen LogP contribution < -0.4 is 10.1 Å². The van der Waals surface area contributed by atoms with Crippen molar-refractivity contribution in [1.82, 2.24) is 5.32 Å². The SMILES string of the molecule is CCOc1cccc([C@@H]2CC(=O)NC3=C2C(=O)C[C@H](c2ccccc2Cl)C3)c1. The van der Waals surface area contributed by atoms with Gasteiger partial charge in [-0.1, -0.05) is 41.9 Å². The number of ketones is 1. The first-order chi connectivity index (χ1) is 13.6. The van der Waals surface area contributed by atoms with Crippen molar-refractivity contribution in [3.05, 3.63) is 76.0 Å². The summed E-state index contributed by atoms with van der Waals surface area (Å²) in [5.41, 5.74) is 3.37. The van der Waals surface area contributed by atoms with Gasteiger partial charge in [0.2, 0.25) is 5.91 Å². The lowest BCUT2D eigenvalue weighted by molar-refractivity contribution is -0.122. The molecule has 0 unspecified atom stereocenters. The maximum absolute atomic E-state index is 13.1. The molecule has 0 bridgehead atoms. The van der Waals surface area contributed by atoms with Crippen LogP contribution in [-0.4, -0.2) is 18.3 Å². The molecule has 0 saturated heterocycles. The second kappa shape index (κ2) is 7.80. The first-order valence-corrected chi connectivity index (χ1v) is 9.98. The average Bonchev–Trinajstić information content (AvgIpc) is 2.68. The van der Waals surface area contributed by atoms with Crippen LogP contribution in [0.1, 0.15) is 49.1 Å². The van der Waals surface area contributed by atoms with E-state index < -0.39 is 0 Å². The van der Waals surface area contributed by atoms with Crippen LogP contribution >= 0.6 is 11.6 Å². The average molecular weight is 396 g/mol. The molecule has 5 heteroatoms. The predicted molar refractivity (Wildman–Crippen MR) is 109 cm³/mol. The highest BCUT2D eigenvalue weighted by Gasteiger charge is 2.38. The Hall–Kier alpha value is -2.59. The molecule has 0 radical (unpaired) electrons. The largest absolute Gasteiger partial charge is 0.494 e. The molecule has 0 saturated carbocycles. The summed E-state index contributed by atoms with van der Waals surface area (Å²) in [4.78, 5) is 25.6. The first-order valence-electron chi connectivity index (χ1n) is 9.60. The minimum Gasteiger partial charge on any atom is -0.494 e. The molecule has 4 nitrogen and oxygen atoms in total. The number of amides is 1. The Bertz CT molecular complexity index is 966. The molecule has 2 aliphatic rings. The standard InChI is InChI=1S/C23H22ClNO3/c1-2-28-16-7-5-6-14(10-16)18-13-22(27)25-20-11-15(12-21(26)23(18)20)17-8-3-4-9-19(17)24/h3-10,15,18H,2,11-13H2,1H3,(H,25,27)/t15-,18+/m1/s1. The topological polar surface area (TPSA) is 55.4 Å². The van der Waals surface area contributed by atoms with Gasteiger partial charge in [0.15, 0.2) is 5.78 Å². The maximum Gasteiger partial charge on any atom is 0.225 e.